The van der Waals surface area contributed by atoms with E-state index in [0.29, 0.717) is 19.0 Å². The lowest BCUT2D eigenvalue weighted by Gasteiger charge is -2.37. The standard InChI is InChI=1S/C27H35N3O2/c1-3-30(21-12-14-28-15-13-21)25-11-7-10-23-22(25)9-6-4-5-8-20-16-19(2)17-26(31)24(20)18-29-27(23)32/h4,6-7,10-11,16,21,28H,3,5,8-9,12-15,17-18H2,1-2H3,(H,29,32)/b6-4+. The van der Waals surface area contributed by atoms with Gasteiger partial charge in [0.15, 0.2) is 5.78 Å². The molecule has 0 spiro atoms. The fourth-order valence-electron chi connectivity index (χ4n) is 5.25. The fourth-order valence-corrected chi connectivity index (χ4v) is 5.25. The molecule has 0 radical (unpaired) electrons. The second-order valence-corrected chi connectivity index (χ2v) is 9.06. The molecule has 1 amide bonds. The highest BCUT2D eigenvalue weighted by molar-refractivity contribution is 6.02. The Bertz CT molecular complexity index is 967. The number of nitrogens with one attached hydrogen (secondary N) is 2. The van der Waals surface area contributed by atoms with Crippen molar-refractivity contribution >= 4 is 17.4 Å². The van der Waals surface area contributed by atoms with Crippen molar-refractivity contribution in [1.29, 1.82) is 0 Å². The van der Waals surface area contributed by atoms with Crippen molar-refractivity contribution < 1.29 is 9.59 Å². The molecule has 0 bridgehead atoms. The normalized spacial score (nSPS) is 21.5. The van der Waals surface area contributed by atoms with E-state index in [1.54, 1.807) is 0 Å². The number of benzene rings is 1. The molecular weight excluding hydrogens is 398 g/mol. The zero-order chi connectivity index (χ0) is 22.5. The minimum absolute atomic E-state index is 0.0943. The zero-order valence-electron chi connectivity index (χ0n) is 19.4. The van der Waals surface area contributed by atoms with Crippen LogP contribution >= 0.6 is 0 Å². The van der Waals surface area contributed by atoms with E-state index in [4.69, 9.17) is 0 Å². The van der Waals surface area contributed by atoms with E-state index in [0.717, 1.165) is 79.6 Å². The number of rotatable bonds is 3. The summed E-state index contributed by atoms with van der Waals surface area (Å²) in [5, 5.41) is 6.52. The molecule has 170 valence electrons. The fraction of sp³-hybridized carbons (Fsp3) is 0.481. The third-order valence-corrected chi connectivity index (χ3v) is 6.87. The molecule has 0 unspecified atom stereocenters. The minimum Gasteiger partial charge on any atom is -0.368 e. The number of hydrogen-bond donors (Lipinski definition) is 2. The van der Waals surface area contributed by atoms with E-state index in [9.17, 15) is 9.59 Å². The largest absolute Gasteiger partial charge is 0.368 e. The average molecular weight is 434 g/mol. The third kappa shape index (κ3) is 4.88. The van der Waals surface area contributed by atoms with E-state index in [1.807, 2.05) is 19.1 Å². The maximum Gasteiger partial charge on any atom is 0.251 e. The summed E-state index contributed by atoms with van der Waals surface area (Å²) in [4.78, 5) is 28.5. The third-order valence-electron chi connectivity index (χ3n) is 6.87. The Labute approximate surface area is 191 Å². The Hall–Kier alpha value is -2.66. The molecule has 5 nitrogen and oxygen atoms in total. The van der Waals surface area contributed by atoms with Crippen molar-refractivity contribution in [2.45, 2.75) is 58.4 Å². The SMILES string of the molecule is CCN(c1cccc2c1C/C=C/CCC1=C(CNC2=O)C(=O)CC(C)=C1)C1CCNCC1. The van der Waals surface area contributed by atoms with Crippen LogP contribution in [-0.2, 0) is 11.2 Å². The highest BCUT2D eigenvalue weighted by Gasteiger charge is 2.25. The Morgan fingerprint density at radius 1 is 1.12 bits per heavy atom. The van der Waals surface area contributed by atoms with Crippen LogP contribution < -0.4 is 15.5 Å². The first kappa shape index (κ1) is 22.5. The molecule has 1 fully saturated rings. The smallest absolute Gasteiger partial charge is 0.251 e. The number of Topliss-reactive ketones (excluding diaryl/α,β-unsaturated/α-hetero) is 1. The van der Waals surface area contributed by atoms with Gasteiger partial charge in [0, 0.05) is 42.4 Å². The number of hydrogen-bond acceptors (Lipinski definition) is 4. The monoisotopic (exact) mass is 433 g/mol. The van der Waals surface area contributed by atoms with Crippen LogP contribution in [0.15, 0.2) is 53.1 Å². The van der Waals surface area contributed by atoms with Gasteiger partial charge < -0.3 is 15.5 Å². The number of anilines is 1. The number of nitrogens with zero attached hydrogens (tertiary/aromatic N) is 1. The first-order valence-corrected chi connectivity index (χ1v) is 12.0. The van der Waals surface area contributed by atoms with E-state index in [2.05, 4.69) is 46.8 Å². The molecule has 0 aromatic heterocycles. The van der Waals surface area contributed by atoms with Gasteiger partial charge in [-0.15, -0.1) is 0 Å². The second kappa shape index (κ2) is 10.3. The van der Waals surface area contributed by atoms with E-state index in [1.165, 1.54) is 5.69 Å². The summed E-state index contributed by atoms with van der Waals surface area (Å²) in [6, 6.07) is 6.57. The van der Waals surface area contributed by atoms with E-state index in [-0.39, 0.29) is 11.7 Å². The Morgan fingerprint density at radius 2 is 1.94 bits per heavy atom. The van der Waals surface area contributed by atoms with E-state index < -0.39 is 0 Å². The van der Waals surface area contributed by atoms with Crippen molar-refractivity contribution in [1.82, 2.24) is 10.6 Å². The molecule has 2 N–H and O–H groups in total. The predicted octanol–water partition coefficient (Wildman–Crippen LogP) is 4.10. The van der Waals surface area contributed by atoms with Gasteiger partial charge in [-0.25, -0.2) is 0 Å². The van der Waals surface area contributed by atoms with Gasteiger partial charge in [0.05, 0.1) is 0 Å². The van der Waals surface area contributed by atoms with Crippen molar-refractivity contribution in [2.24, 2.45) is 0 Å². The maximum atomic E-state index is 13.3. The quantitative estimate of drug-likeness (QED) is 0.705. The van der Waals surface area contributed by atoms with Gasteiger partial charge in [-0.2, -0.15) is 0 Å². The summed E-state index contributed by atoms with van der Waals surface area (Å²) in [6.45, 7) is 7.50. The van der Waals surface area contributed by atoms with Gasteiger partial charge in [-0.05, 0) is 82.3 Å². The molecule has 5 heteroatoms. The molecule has 1 aliphatic carbocycles. The van der Waals surface area contributed by atoms with Crippen molar-refractivity contribution in [3.05, 3.63) is 64.3 Å². The first-order chi connectivity index (χ1) is 15.6. The highest BCUT2D eigenvalue weighted by Crippen LogP contribution is 2.30. The molecule has 2 heterocycles. The summed E-state index contributed by atoms with van der Waals surface area (Å²) in [7, 11) is 0. The molecule has 1 saturated heterocycles. The lowest BCUT2D eigenvalue weighted by Crippen LogP contribution is -2.43. The van der Waals surface area contributed by atoms with Crippen LogP contribution in [0.25, 0.3) is 0 Å². The average Bonchev–Trinajstić information content (AvgIpc) is 2.79. The van der Waals surface area contributed by atoms with Crippen LogP contribution in [0.4, 0.5) is 5.69 Å². The zero-order valence-corrected chi connectivity index (χ0v) is 19.4. The molecule has 32 heavy (non-hydrogen) atoms. The van der Waals surface area contributed by atoms with Gasteiger partial charge >= 0.3 is 0 Å². The van der Waals surface area contributed by atoms with Gasteiger partial charge in [0.25, 0.3) is 5.91 Å². The number of piperidine rings is 1. The topological polar surface area (TPSA) is 61.4 Å². The number of amides is 1. The summed E-state index contributed by atoms with van der Waals surface area (Å²) < 4.78 is 0. The van der Waals surface area contributed by atoms with Gasteiger partial charge in [-0.3, -0.25) is 9.59 Å². The Kier molecular flexibility index (Phi) is 7.26. The van der Waals surface area contributed by atoms with Crippen LogP contribution in [0.1, 0.15) is 61.9 Å². The van der Waals surface area contributed by atoms with Gasteiger partial charge in [0.2, 0.25) is 0 Å². The lowest BCUT2D eigenvalue weighted by atomic mass is 9.89. The number of fused-ring (bicyclic) bond motifs is 1. The van der Waals surface area contributed by atoms with Crippen molar-refractivity contribution in [3.63, 3.8) is 0 Å². The Morgan fingerprint density at radius 3 is 2.72 bits per heavy atom. The number of carbonyl (C=O) groups is 2. The van der Waals surface area contributed by atoms with Crippen molar-refractivity contribution in [2.75, 3.05) is 31.1 Å². The number of carbonyl (C=O) groups excluding carboxylic acids is 2. The summed E-state index contributed by atoms with van der Waals surface area (Å²) in [5.74, 6) is 0.0430. The summed E-state index contributed by atoms with van der Waals surface area (Å²) in [5.41, 5.74) is 5.91. The molecule has 4 rings (SSSR count). The Balaban J connectivity index is 1.68. The van der Waals surface area contributed by atoms with Crippen LogP contribution in [0.3, 0.4) is 0 Å². The van der Waals surface area contributed by atoms with Gasteiger partial charge in [-0.1, -0.05) is 29.9 Å². The molecule has 0 atom stereocenters. The van der Waals surface area contributed by atoms with Crippen LogP contribution in [0.5, 0.6) is 0 Å². The molecule has 3 aliphatic rings. The predicted molar refractivity (Wildman–Crippen MR) is 130 cm³/mol. The first-order valence-electron chi connectivity index (χ1n) is 12.0. The molecule has 1 aromatic rings. The van der Waals surface area contributed by atoms with Crippen LogP contribution in [0.2, 0.25) is 0 Å². The number of allylic oxidation sites excluding steroid dienone is 5. The lowest BCUT2D eigenvalue weighted by molar-refractivity contribution is -0.115. The minimum atomic E-state index is -0.0943. The van der Waals surface area contributed by atoms with E-state index >= 15 is 0 Å². The molecule has 0 saturated carbocycles. The van der Waals surface area contributed by atoms with Crippen molar-refractivity contribution in [3.8, 4) is 0 Å². The van der Waals surface area contributed by atoms with Crippen LogP contribution in [0, 0.1) is 0 Å². The maximum absolute atomic E-state index is 13.3. The summed E-state index contributed by atoms with van der Waals surface area (Å²) in [6.07, 6.45) is 11.7. The van der Waals surface area contributed by atoms with Crippen LogP contribution in [-0.4, -0.2) is 43.9 Å². The second-order valence-electron chi connectivity index (χ2n) is 9.06. The molecule has 1 aromatic carbocycles. The highest BCUT2D eigenvalue weighted by atomic mass is 16.2. The number of ketones is 1. The molecular formula is C27H35N3O2. The molecule has 2 aliphatic heterocycles. The summed E-state index contributed by atoms with van der Waals surface area (Å²) >= 11 is 0. The van der Waals surface area contributed by atoms with Gasteiger partial charge in [0.1, 0.15) is 0 Å².